The van der Waals surface area contributed by atoms with Crippen LogP contribution in [-0.4, -0.2) is 18.7 Å². The molecule has 1 unspecified atom stereocenters. The van der Waals surface area contributed by atoms with Crippen LogP contribution >= 0.6 is 0 Å². The van der Waals surface area contributed by atoms with Crippen molar-refractivity contribution in [3.8, 4) is 6.07 Å². The zero-order valence-corrected chi connectivity index (χ0v) is 11.2. The summed E-state index contributed by atoms with van der Waals surface area (Å²) < 4.78 is 25.9. The van der Waals surface area contributed by atoms with Gasteiger partial charge in [-0.15, -0.1) is 0 Å². The molecular weight excluding hydrogens is 262 g/mol. The number of hydrogen-bond donors (Lipinski definition) is 1. The summed E-state index contributed by atoms with van der Waals surface area (Å²) >= 11 is 0. The van der Waals surface area contributed by atoms with Gasteiger partial charge in [-0.2, -0.15) is 5.26 Å². The Bertz CT molecular complexity index is 730. The topological polar surface area (TPSA) is 82.8 Å². The zero-order chi connectivity index (χ0) is 13.9. The van der Waals surface area contributed by atoms with Crippen LogP contribution in [0.15, 0.2) is 36.5 Å². The van der Waals surface area contributed by atoms with Gasteiger partial charge in [0.2, 0.25) is 10.0 Å². The van der Waals surface area contributed by atoms with Crippen molar-refractivity contribution in [2.24, 2.45) is 0 Å². The minimum atomic E-state index is -3.62. The average Bonchev–Trinajstić information content (AvgIpc) is 2.44. The van der Waals surface area contributed by atoms with E-state index in [1.165, 1.54) is 6.92 Å². The lowest BCUT2D eigenvalue weighted by Gasteiger charge is -2.09. The predicted octanol–water partition coefficient (Wildman–Crippen LogP) is 1.57. The first-order chi connectivity index (χ1) is 9.04. The Hall–Kier alpha value is -1.97. The minimum Gasteiger partial charge on any atom is -0.256 e. The van der Waals surface area contributed by atoms with Crippen molar-refractivity contribution in [1.82, 2.24) is 9.71 Å². The fraction of sp³-hybridized carbons (Fsp3) is 0.231. The molecule has 0 radical (unpaired) electrons. The van der Waals surface area contributed by atoms with Crippen molar-refractivity contribution in [2.45, 2.75) is 18.7 Å². The number of rotatable bonds is 4. The van der Waals surface area contributed by atoms with Gasteiger partial charge < -0.3 is 0 Å². The van der Waals surface area contributed by atoms with Crippen molar-refractivity contribution in [3.63, 3.8) is 0 Å². The first kappa shape index (κ1) is 13.5. The summed E-state index contributed by atoms with van der Waals surface area (Å²) in [7, 11) is -3.62. The lowest BCUT2D eigenvalue weighted by atomic mass is 10.1. The highest BCUT2D eigenvalue weighted by atomic mass is 32.2. The summed E-state index contributed by atoms with van der Waals surface area (Å²) in [6, 6.07) is 11.0. The molecule has 5 nitrogen and oxygen atoms in total. The van der Waals surface area contributed by atoms with Gasteiger partial charge in [-0.3, -0.25) is 4.98 Å². The molecular formula is C13H13N3O2S. The smallest absolute Gasteiger partial charge is 0.227 e. The van der Waals surface area contributed by atoms with Gasteiger partial charge in [0.05, 0.1) is 11.6 Å². The third-order valence-electron chi connectivity index (χ3n) is 2.83. The van der Waals surface area contributed by atoms with Gasteiger partial charge >= 0.3 is 0 Å². The largest absolute Gasteiger partial charge is 0.256 e. The van der Waals surface area contributed by atoms with E-state index in [0.29, 0.717) is 0 Å². The molecule has 0 aliphatic carbocycles. The molecule has 2 rings (SSSR count). The van der Waals surface area contributed by atoms with Gasteiger partial charge in [0.25, 0.3) is 0 Å². The second-order valence-corrected chi connectivity index (χ2v) is 6.22. The SMILES string of the molecule is CC(C#N)S(=O)(=O)NCc1cccc2cccnc12. The van der Waals surface area contributed by atoms with Crippen LogP contribution in [0.4, 0.5) is 0 Å². The van der Waals surface area contributed by atoms with Gasteiger partial charge in [0, 0.05) is 18.1 Å². The Morgan fingerprint density at radius 3 is 2.84 bits per heavy atom. The van der Waals surface area contributed by atoms with E-state index in [0.717, 1.165) is 16.5 Å². The van der Waals surface area contributed by atoms with Crippen LogP contribution in [0.5, 0.6) is 0 Å². The maximum atomic E-state index is 11.7. The standard InChI is InChI=1S/C13H13N3O2S/c1-10(8-14)19(17,18)16-9-12-5-2-4-11-6-3-7-15-13(11)12/h2-7,10,16H,9H2,1H3. The van der Waals surface area contributed by atoms with Crippen LogP contribution in [0.2, 0.25) is 0 Å². The number of pyridine rings is 1. The van der Waals surface area contributed by atoms with Gasteiger partial charge in [-0.05, 0) is 18.6 Å². The van der Waals surface area contributed by atoms with Crippen molar-refractivity contribution in [1.29, 1.82) is 5.26 Å². The number of aromatic nitrogens is 1. The number of nitrogens with one attached hydrogen (secondary N) is 1. The third-order valence-corrected chi connectivity index (χ3v) is 4.41. The van der Waals surface area contributed by atoms with Crippen LogP contribution in [0.3, 0.4) is 0 Å². The molecule has 0 bridgehead atoms. The number of para-hydroxylation sites is 1. The van der Waals surface area contributed by atoms with Crippen LogP contribution < -0.4 is 4.72 Å². The molecule has 0 amide bonds. The molecule has 0 saturated heterocycles. The van der Waals surface area contributed by atoms with Crippen molar-refractivity contribution >= 4 is 20.9 Å². The van der Waals surface area contributed by atoms with E-state index in [9.17, 15) is 8.42 Å². The first-order valence-electron chi connectivity index (χ1n) is 5.75. The molecule has 0 aliphatic rings. The number of nitriles is 1. The summed E-state index contributed by atoms with van der Waals surface area (Å²) in [5, 5.41) is 8.54. The van der Waals surface area contributed by atoms with E-state index >= 15 is 0 Å². The van der Waals surface area contributed by atoms with Crippen LogP contribution in [0.1, 0.15) is 12.5 Å². The van der Waals surface area contributed by atoms with Crippen LogP contribution in [0, 0.1) is 11.3 Å². The molecule has 1 aromatic carbocycles. The van der Waals surface area contributed by atoms with E-state index in [1.807, 2.05) is 30.3 Å². The van der Waals surface area contributed by atoms with E-state index in [1.54, 1.807) is 12.3 Å². The second kappa shape index (κ2) is 5.34. The lowest BCUT2D eigenvalue weighted by Crippen LogP contribution is -2.31. The van der Waals surface area contributed by atoms with Gasteiger partial charge in [-0.25, -0.2) is 13.1 Å². The Labute approximate surface area is 111 Å². The number of nitrogens with zero attached hydrogens (tertiary/aromatic N) is 2. The number of fused-ring (bicyclic) bond motifs is 1. The van der Waals surface area contributed by atoms with E-state index < -0.39 is 15.3 Å². The summed E-state index contributed by atoms with van der Waals surface area (Å²) in [4.78, 5) is 4.25. The predicted molar refractivity (Wildman–Crippen MR) is 72.6 cm³/mol. The second-order valence-electron chi connectivity index (χ2n) is 4.13. The molecule has 98 valence electrons. The van der Waals surface area contributed by atoms with Crippen LogP contribution in [0.25, 0.3) is 10.9 Å². The normalized spacial score (nSPS) is 13.1. The number of hydrogen-bond acceptors (Lipinski definition) is 4. The van der Waals surface area contributed by atoms with Crippen molar-refractivity contribution < 1.29 is 8.42 Å². The number of sulfonamides is 1. The molecule has 1 aromatic heterocycles. The summed E-state index contributed by atoms with van der Waals surface area (Å²) in [6.45, 7) is 1.48. The summed E-state index contributed by atoms with van der Waals surface area (Å²) in [5.74, 6) is 0. The molecule has 0 fully saturated rings. The highest BCUT2D eigenvalue weighted by Gasteiger charge is 2.19. The molecule has 2 aromatic rings. The molecule has 0 spiro atoms. The molecule has 0 saturated carbocycles. The fourth-order valence-corrected chi connectivity index (χ4v) is 2.43. The lowest BCUT2D eigenvalue weighted by molar-refractivity contribution is 0.577. The maximum Gasteiger partial charge on any atom is 0.227 e. The molecule has 1 heterocycles. The van der Waals surface area contributed by atoms with E-state index in [4.69, 9.17) is 5.26 Å². The Morgan fingerprint density at radius 2 is 2.11 bits per heavy atom. The third kappa shape index (κ3) is 2.89. The van der Waals surface area contributed by atoms with Gasteiger partial charge in [0.1, 0.15) is 0 Å². The molecule has 6 heteroatoms. The van der Waals surface area contributed by atoms with E-state index in [-0.39, 0.29) is 6.54 Å². The van der Waals surface area contributed by atoms with Gasteiger partial charge in [-0.1, -0.05) is 24.3 Å². The van der Waals surface area contributed by atoms with Crippen LogP contribution in [-0.2, 0) is 16.6 Å². The highest BCUT2D eigenvalue weighted by Crippen LogP contribution is 2.16. The fourth-order valence-electron chi connectivity index (χ4n) is 1.68. The molecule has 1 N–H and O–H groups in total. The summed E-state index contributed by atoms with van der Waals surface area (Å²) in [6.07, 6.45) is 1.66. The zero-order valence-electron chi connectivity index (χ0n) is 10.4. The average molecular weight is 275 g/mol. The Morgan fingerprint density at radius 1 is 1.37 bits per heavy atom. The molecule has 1 atom stereocenters. The minimum absolute atomic E-state index is 0.128. The quantitative estimate of drug-likeness (QED) is 0.918. The monoisotopic (exact) mass is 275 g/mol. The number of benzene rings is 1. The highest BCUT2D eigenvalue weighted by molar-refractivity contribution is 7.90. The first-order valence-corrected chi connectivity index (χ1v) is 7.30. The molecule has 0 aliphatic heterocycles. The van der Waals surface area contributed by atoms with E-state index in [2.05, 4.69) is 9.71 Å². The molecule has 19 heavy (non-hydrogen) atoms. The van der Waals surface area contributed by atoms with Crippen molar-refractivity contribution in [2.75, 3.05) is 0 Å². The Balaban J connectivity index is 2.26. The van der Waals surface area contributed by atoms with Gasteiger partial charge in [0.15, 0.2) is 5.25 Å². The Kier molecular flexibility index (Phi) is 3.79. The maximum absolute atomic E-state index is 11.7. The summed E-state index contributed by atoms with van der Waals surface area (Å²) in [5.41, 5.74) is 1.55. The van der Waals surface area contributed by atoms with Crippen molar-refractivity contribution in [3.05, 3.63) is 42.1 Å².